The Morgan fingerprint density at radius 1 is 1.00 bits per heavy atom. The van der Waals surface area contributed by atoms with Crippen molar-refractivity contribution in [3.63, 3.8) is 0 Å². The highest BCUT2D eigenvalue weighted by Gasteiger charge is 2.52. The second-order valence-electron chi connectivity index (χ2n) is 4.75. The van der Waals surface area contributed by atoms with Gasteiger partial charge in [0.05, 0.1) is 6.61 Å². The third-order valence-electron chi connectivity index (χ3n) is 3.41. The molecule has 0 spiro atoms. The van der Waals surface area contributed by atoms with Crippen LogP contribution >= 0.6 is 0 Å². The molecule has 1 aromatic rings. The largest absolute Gasteiger partial charge is 0.462 e. The topological polar surface area (TPSA) is 88.4 Å². The summed E-state index contributed by atoms with van der Waals surface area (Å²) in [4.78, 5) is 0. The molecule has 6 nitrogen and oxygen atoms in total. The molecule has 6 atom stereocenters. The molecule has 2 aliphatic heterocycles. The zero-order valence-electron chi connectivity index (χ0n) is 10.1. The normalized spacial score (nSPS) is 41.8. The Morgan fingerprint density at radius 3 is 2.47 bits per heavy atom. The van der Waals surface area contributed by atoms with Crippen molar-refractivity contribution in [2.24, 2.45) is 0 Å². The highest BCUT2D eigenvalue weighted by Crippen LogP contribution is 2.31. The fraction of sp³-hybridized carbons (Fsp3) is 0.538. The summed E-state index contributed by atoms with van der Waals surface area (Å²) in [5, 5.41) is 29.7. The predicted octanol–water partition coefficient (Wildman–Crippen LogP) is -0.728. The Hall–Kier alpha value is -1.18. The van der Waals surface area contributed by atoms with Crippen molar-refractivity contribution >= 4 is 0 Å². The average Bonchev–Trinajstić information content (AvgIpc) is 2.79. The molecule has 4 unspecified atom stereocenters. The van der Waals surface area contributed by atoms with Crippen LogP contribution in [0.1, 0.15) is 0 Å². The molecule has 2 saturated heterocycles. The van der Waals surface area contributed by atoms with E-state index >= 15 is 0 Å². The molecule has 19 heavy (non-hydrogen) atoms. The van der Waals surface area contributed by atoms with Crippen molar-refractivity contribution in [3.8, 4) is 5.75 Å². The van der Waals surface area contributed by atoms with E-state index in [1.54, 1.807) is 24.3 Å². The molecule has 0 aliphatic carbocycles. The lowest BCUT2D eigenvalue weighted by Gasteiger charge is -2.39. The number of fused-ring (bicyclic) bond motifs is 1. The van der Waals surface area contributed by atoms with Crippen molar-refractivity contribution in [2.75, 3.05) is 6.61 Å². The molecule has 104 valence electrons. The Bertz CT molecular complexity index is 424. The predicted molar refractivity (Wildman–Crippen MR) is 63.5 cm³/mol. The minimum atomic E-state index is -1.23. The van der Waals surface area contributed by atoms with Crippen LogP contribution in [0.25, 0.3) is 0 Å². The van der Waals surface area contributed by atoms with Gasteiger partial charge in [-0.25, -0.2) is 0 Å². The van der Waals surface area contributed by atoms with Gasteiger partial charge in [-0.3, -0.25) is 0 Å². The molecule has 0 amide bonds. The Kier molecular flexibility index (Phi) is 3.42. The van der Waals surface area contributed by atoms with Gasteiger partial charge in [0.25, 0.3) is 0 Å². The number of aliphatic hydroxyl groups excluding tert-OH is 3. The first-order chi connectivity index (χ1) is 9.16. The van der Waals surface area contributed by atoms with Gasteiger partial charge in [0.1, 0.15) is 36.3 Å². The van der Waals surface area contributed by atoms with Gasteiger partial charge in [0.15, 0.2) is 0 Å². The van der Waals surface area contributed by atoms with E-state index in [1.807, 2.05) is 6.07 Å². The molecule has 3 N–H and O–H groups in total. The van der Waals surface area contributed by atoms with Crippen molar-refractivity contribution in [3.05, 3.63) is 30.3 Å². The minimum Gasteiger partial charge on any atom is -0.462 e. The molecule has 2 heterocycles. The lowest BCUT2D eigenvalue weighted by Crippen LogP contribution is -2.59. The summed E-state index contributed by atoms with van der Waals surface area (Å²) in [5.41, 5.74) is 0. The van der Waals surface area contributed by atoms with Crippen LogP contribution in [0, 0.1) is 0 Å². The Labute approximate surface area is 110 Å². The molecule has 3 rings (SSSR count). The van der Waals surface area contributed by atoms with Gasteiger partial charge < -0.3 is 29.5 Å². The smallest absolute Gasteiger partial charge is 0.229 e. The number of benzene rings is 1. The third-order valence-corrected chi connectivity index (χ3v) is 3.41. The van der Waals surface area contributed by atoms with E-state index in [0.717, 1.165) is 0 Å². The number of para-hydroxylation sites is 1. The standard InChI is InChI=1S/C13H16O6/c14-8-6-17-12-9(15)10(16)13(19-11(8)12)18-7-4-2-1-3-5-7/h1-5,8-16H,6H2/t8?,9?,10?,11?,12-,13+/m1/s1. The molecule has 0 aromatic heterocycles. The lowest BCUT2D eigenvalue weighted by atomic mass is 9.98. The lowest BCUT2D eigenvalue weighted by molar-refractivity contribution is -0.267. The summed E-state index contributed by atoms with van der Waals surface area (Å²) in [6.45, 7) is 0.0805. The quantitative estimate of drug-likeness (QED) is 0.655. The van der Waals surface area contributed by atoms with Gasteiger partial charge in [-0.2, -0.15) is 0 Å². The number of ether oxygens (including phenoxy) is 3. The Balaban J connectivity index is 1.75. The molecule has 2 aliphatic rings. The molecule has 2 fully saturated rings. The van der Waals surface area contributed by atoms with Crippen molar-refractivity contribution in [2.45, 2.75) is 36.8 Å². The first-order valence-electron chi connectivity index (χ1n) is 6.20. The minimum absolute atomic E-state index is 0.0805. The molecule has 0 radical (unpaired) electrons. The van der Waals surface area contributed by atoms with Crippen LogP contribution in [-0.4, -0.2) is 58.7 Å². The fourth-order valence-electron chi connectivity index (χ4n) is 2.40. The van der Waals surface area contributed by atoms with Gasteiger partial charge in [-0.15, -0.1) is 0 Å². The molecule has 0 bridgehead atoms. The molecular formula is C13H16O6. The highest BCUT2D eigenvalue weighted by molar-refractivity contribution is 5.21. The van der Waals surface area contributed by atoms with Gasteiger partial charge in [0, 0.05) is 0 Å². The molecular weight excluding hydrogens is 252 g/mol. The summed E-state index contributed by atoms with van der Waals surface area (Å²) in [5.74, 6) is 0.519. The van der Waals surface area contributed by atoms with Crippen LogP contribution in [0.15, 0.2) is 30.3 Å². The van der Waals surface area contributed by atoms with Gasteiger partial charge in [-0.1, -0.05) is 18.2 Å². The van der Waals surface area contributed by atoms with Crippen LogP contribution in [-0.2, 0) is 9.47 Å². The summed E-state index contributed by atoms with van der Waals surface area (Å²) in [6.07, 6.45) is -5.65. The maximum atomic E-state index is 9.97. The van der Waals surface area contributed by atoms with E-state index in [9.17, 15) is 15.3 Å². The number of hydrogen-bond donors (Lipinski definition) is 3. The van der Waals surface area contributed by atoms with E-state index in [0.29, 0.717) is 5.75 Å². The summed E-state index contributed by atoms with van der Waals surface area (Å²) >= 11 is 0. The third kappa shape index (κ3) is 2.33. The van der Waals surface area contributed by atoms with Crippen molar-refractivity contribution in [1.82, 2.24) is 0 Å². The van der Waals surface area contributed by atoms with Crippen LogP contribution in [0.2, 0.25) is 0 Å². The maximum Gasteiger partial charge on any atom is 0.229 e. The molecule has 6 heteroatoms. The average molecular weight is 268 g/mol. The second-order valence-corrected chi connectivity index (χ2v) is 4.75. The first-order valence-corrected chi connectivity index (χ1v) is 6.20. The molecule has 0 saturated carbocycles. The van der Waals surface area contributed by atoms with Gasteiger partial charge in [0.2, 0.25) is 6.29 Å². The van der Waals surface area contributed by atoms with E-state index in [1.165, 1.54) is 0 Å². The maximum absolute atomic E-state index is 9.97. The summed E-state index contributed by atoms with van der Waals surface area (Å²) in [6, 6.07) is 8.85. The van der Waals surface area contributed by atoms with Crippen LogP contribution in [0.4, 0.5) is 0 Å². The number of aliphatic hydroxyl groups is 3. The van der Waals surface area contributed by atoms with Crippen molar-refractivity contribution in [1.29, 1.82) is 0 Å². The summed E-state index contributed by atoms with van der Waals surface area (Å²) < 4.78 is 16.2. The first kappa shape index (κ1) is 12.8. The number of rotatable bonds is 2. The van der Waals surface area contributed by atoms with Crippen molar-refractivity contribution < 1.29 is 29.5 Å². The van der Waals surface area contributed by atoms with E-state index < -0.39 is 36.8 Å². The van der Waals surface area contributed by atoms with Crippen LogP contribution < -0.4 is 4.74 Å². The van der Waals surface area contributed by atoms with E-state index in [-0.39, 0.29) is 6.61 Å². The van der Waals surface area contributed by atoms with E-state index in [4.69, 9.17) is 14.2 Å². The second kappa shape index (κ2) is 5.07. The zero-order chi connectivity index (χ0) is 13.4. The van der Waals surface area contributed by atoms with Crippen LogP contribution in [0.5, 0.6) is 5.75 Å². The fourth-order valence-corrected chi connectivity index (χ4v) is 2.40. The summed E-state index contributed by atoms with van der Waals surface area (Å²) in [7, 11) is 0. The van der Waals surface area contributed by atoms with Crippen LogP contribution in [0.3, 0.4) is 0 Å². The Morgan fingerprint density at radius 2 is 1.74 bits per heavy atom. The SMILES string of the molecule is OC1CO[C@@H]2C(O)C(O)[C@@H](Oc3ccccc3)OC12. The van der Waals surface area contributed by atoms with Gasteiger partial charge >= 0.3 is 0 Å². The molecule has 1 aromatic carbocycles. The highest BCUT2D eigenvalue weighted by atomic mass is 16.7. The zero-order valence-corrected chi connectivity index (χ0v) is 10.1. The monoisotopic (exact) mass is 268 g/mol. The van der Waals surface area contributed by atoms with E-state index in [2.05, 4.69) is 0 Å². The van der Waals surface area contributed by atoms with Gasteiger partial charge in [-0.05, 0) is 12.1 Å². The number of hydrogen-bond acceptors (Lipinski definition) is 6.